The van der Waals surface area contributed by atoms with Crippen molar-refractivity contribution >= 4 is 41.5 Å². The number of nitrogens with one attached hydrogen (secondary N) is 3. The first-order valence-electron chi connectivity index (χ1n) is 8.76. The third kappa shape index (κ3) is 8.24. The lowest BCUT2D eigenvalue weighted by molar-refractivity contribution is -0.115. The molecule has 0 bridgehead atoms. The van der Waals surface area contributed by atoms with Gasteiger partial charge in [0.15, 0.2) is 5.96 Å². The van der Waals surface area contributed by atoms with E-state index in [4.69, 9.17) is 6.42 Å². The summed E-state index contributed by atoms with van der Waals surface area (Å²) in [6, 6.07) is 11.8. The first-order valence-corrected chi connectivity index (χ1v) is 8.76. The predicted octanol–water partition coefficient (Wildman–Crippen LogP) is 3.50. The molecular weight excluding hydrogens is 505 g/mol. The van der Waals surface area contributed by atoms with Crippen molar-refractivity contribution in [1.29, 1.82) is 0 Å². The maximum absolute atomic E-state index is 12.6. The van der Waals surface area contributed by atoms with Gasteiger partial charge in [0, 0.05) is 30.4 Å². The Balaban J connectivity index is 0.00000450. The van der Waals surface area contributed by atoms with Crippen LogP contribution < -0.4 is 20.7 Å². The van der Waals surface area contributed by atoms with Crippen LogP contribution in [-0.4, -0.2) is 32.1 Å². The Kier molecular flexibility index (Phi) is 10.6. The van der Waals surface area contributed by atoms with Gasteiger partial charge >= 0.3 is 6.61 Å². The molecule has 30 heavy (non-hydrogen) atoms. The number of terminal acetylenes is 1. The van der Waals surface area contributed by atoms with Crippen LogP contribution in [0.1, 0.15) is 16.7 Å². The van der Waals surface area contributed by atoms with E-state index in [0.29, 0.717) is 22.8 Å². The lowest BCUT2D eigenvalue weighted by atomic mass is 10.1. The second-order valence-corrected chi connectivity index (χ2v) is 6.04. The highest BCUT2D eigenvalue weighted by Crippen LogP contribution is 2.21. The summed E-state index contributed by atoms with van der Waals surface area (Å²) in [5.74, 6) is 2.63. The lowest BCUT2D eigenvalue weighted by Crippen LogP contribution is -2.41. The molecular formula is C21H23F2IN4O2. The van der Waals surface area contributed by atoms with E-state index in [1.807, 2.05) is 6.92 Å². The lowest BCUT2D eigenvalue weighted by Gasteiger charge is -2.15. The van der Waals surface area contributed by atoms with Gasteiger partial charge in [-0.2, -0.15) is 8.78 Å². The maximum Gasteiger partial charge on any atom is 0.387 e. The predicted molar refractivity (Wildman–Crippen MR) is 124 cm³/mol. The van der Waals surface area contributed by atoms with Crippen molar-refractivity contribution in [3.63, 3.8) is 0 Å². The number of hydrogen-bond acceptors (Lipinski definition) is 3. The van der Waals surface area contributed by atoms with Crippen LogP contribution in [0.3, 0.4) is 0 Å². The topological polar surface area (TPSA) is 74.8 Å². The number of anilines is 1. The minimum atomic E-state index is -2.91. The largest absolute Gasteiger partial charge is 0.434 e. The quantitative estimate of drug-likeness (QED) is 0.223. The molecule has 0 saturated carbocycles. The van der Waals surface area contributed by atoms with Gasteiger partial charge in [-0.1, -0.05) is 29.7 Å². The van der Waals surface area contributed by atoms with Crippen LogP contribution in [0.5, 0.6) is 5.75 Å². The minimum absolute atomic E-state index is 0. The van der Waals surface area contributed by atoms with Gasteiger partial charge in [-0.15, -0.1) is 30.4 Å². The Bertz CT molecular complexity index is 929. The summed E-state index contributed by atoms with van der Waals surface area (Å²) in [6.45, 7) is -0.920. The number of benzene rings is 2. The monoisotopic (exact) mass is 528 g/mol. The highest BCUT2D eigenvalue weighted by molar-refractivity contribution is 14.0. The summed E-state index contributed by atoms with van der Waals surface area (Å²) >= 11 is 0. The van der Waals surface area contributed by atoms with Gasteiger partial charge in [-0.05, 0) is 31.2 Å². The molecule has 0 aromatic heterocycles. The average Bonchev–Trinajstić information content (AvgIpc) is 2.69. The van der Waals surface area contributed by atoms with Crippen LogP contribution in [0.4, 0.5) is 14.5 Å². The molecule has 2 aromatic carbocycles. The van der Waals surface area contributed by atoms with Crippen LogP contribution in [-0.2, 0) is 11.3 Å². The molecule has 6 nitrogen and oxygen atoms in total. The number of aliphatic imine (C=N–C) groups is 1. The van der Waals surface area contributed by atoms with Gasteiger partial charge in [0.2, 0.25) is 5.91 Å². The zero-order chi connectivity index (χ0) is 21.2. The molecule has 3 N–H and O–H groups in total. The van der Waals surface area contributed by atoms with E-state index in [0.717, 1.165) is 5.56 Å². The highest BCUT2D eigenvalue weighted by atomic mass is 127. The highest BCUT2D eigenvalue weighted by Gasteiger charge is 2.11. The Morgan fingerprint density at radius 3 is 2.67 bits per heavy atom. The molecule has 0 atom stereocenters. The van der Waals surface area contributed by atoms with Gasteiger partial charge in [-0.25, -0.2) is 0 Å². The number of guanidine groups is 1. The molecule has 0 unspecified atom stereocenters. The molecule has 0 aliphatic carbocycles. The zero-order valence-corrected chi connectivity index (χ0v) is 18.9. The van der Waals surface area contributed by atoms with Crippen molar-refractivity contribution in [1.82, 2.24) is 10.6 Å². The normalized spacial score (nSPS) is 10.6. The molecule has 0 fully saturated rings. The van der Waals surface area contributed by atoms with Gasteiger partial charge in [-0.3, -0.25) is 9.79 Å². The molecule has 2 aromatic rings. The third-order valence-electron chi connectivity index (χ3n) is 3.83. The van der Waals surface area contributed by atoms with Crippen LogP contribution >= 0.6 is 24.0 Å². The van der Waals surface area contributed by atoms with Crippen molar-refractivity contribution in [2.45, 2.75) is 20.1 Å². The molecule has 9 heteroatoms. The third-order valence-corrected chi connectivity index (χ3v) is 3.83. The number of ether oxygens (including phenoxy) is 1. The number of carbonyl (C=O) groups is 1. The Morgan fingerprint density at radius 1 is 1.23 bits per heavy atom. The molecule has 0 aliphatic rings. The summed E-state index contributed by atoms with van der Waals surface area (Å²) < 4.78 is 29.7. The summed E-state index contributed by atoms with van der Waals surface area (Å²) in [4.78, 5) is 16.1. The van der Waals surface area contributed by atoms with Crippen LogP contribution in [0.25, 0.3) is 0 Å². The fourth-order valence-electron chi connectivity index (χ4n) is 2.51. The SMILES string of the molecule is C#Cc1cccc(NC(=O)CNC(=NC)NCc2cc(C)ccc2OC(F)F)c1.I. The summed E-state index contributed by atoms with van der Waals surface area (Å²) in [5.41, 5.74) is 2.70. The van der Waals surface area contributed by atoms with E-state index in [9.17, 15) is 13.6 Å². The number of halogens is 3. The molecule has 1 amide bonds. The average molecular weight is 528 g/mol. The van der Waals surface area contributed by atoms with Crippen molar-refractivity contribution < 1.29 is 18.3 Å². The van der Waals surface area contributed by atoms with Crippen molar-refractivity contribution in [2.75, 3.05) is 18.9 Å². The van der Waals surface area contributed by atoms with Crippen molar-refractivity contribution in [3.8, 4) is 18.1 Å². The number of rotatable bonds is 7. The van der Waals surface area contributed by atoms with E-state index in [-0.39, 0.29) is 48.7 Å². The zero-order valence-electron chi connectivity index (χ0n) is 16.5. The number of carbonyl (C=O) groups excluding carboxylic acids is 1. The van der Waals surface area contributed by atoms with E-state index in [2.05, 4.69) is 31.6 Å². The Morgan fingerprint density at radius 2 is 2.00 bits per heavy atom. The number of hydrogen-bond donors (Lipinski definition) is 3. The summed E-state index contributed by atoms with van der Waals surface area (Å²) in [5, 5.41) is 8.56. The smallest absolute Gasteiger partial charge is 0.387 e. The first-order chi connectivity index (χ1) is 13.9. The van der Waals surface area contributed by atoms with Gasteiger partial charge in [0.25, 0.3) is 0 Å². The summed E-state index contributed by atoms with van der Waals surface area (Å²) in [6.07, 6.45) is 5.34. The van der Waals surface area contributed by atoms with E-state index in [1.54, 1.807) is 36.4 Å². The van der Waals surface area contributed by atoms with Gasteiger partial charge in [0.05, 0.1) is 6.54 Å². The van der Waals surface area contributed by atoms with Crippen molar-refractivity contribution in [3.05, 3.63) is 59.2 Å². The Hall–Kier alpha value is -2.87. The first kappa shape index (κ1) is 25.2. The minimum Gasteiger partial charge on any atom is -0.434 e. The van der Waals surface area contributed by atoms with Crippen LogP contribution in [0.2, 0.25) is 0 Å². The van der Waals surface area contributed by atoms with E-state index < -0.39 is 6.61 Å². The molecule has 0 aliphatic heterocycles. The van der Waals surface area contributed by atoms with Gasteiger partial charge in [0.1, 0.15) is 5.75 Å². The second-order valence-electron chi connectivity index (χ2n) is 6.04. The molecule has 0 heterocycles. The molecule has 0 radical (unpaired) electrons. The van der Waals surface area contributed by atoms with Crippen LogP contribution in [0.15, 0.2) is 47.5 Å². The number of nitrogens with zero attached hydrogens (tertiary/aromatic N) is 1. The van der Waals surface area contributed by atoms with E-state index >= 15 is 0 Å². The maximum atomic E-state index is 12.6. The molecule has 0 saturated heterocycles. The second kappa shape index (κ2) is 12.6. The molecule has 160 valence electrons. The Labute approximate surface area is 191 Å². The fourth-order valence-corrected chi connectivity index (χ4v) is 2.51. The van der Waals surface area contributed by atoms with Crippen LogP contribution in [0, 0.1) is 19.3 Å². The summed E-state index contributed by atoms with van der Waals surface area (Å²) in [7, 11) is 1.54. The van der Waals surface area contributed by atoms with Gasteiger partial charge < -0.3 is 20.7 Å². The number of alkyl halides is 2. The molecule has 0 spiro atoms. The van der Waals surface area contributed by atoms with E-state index in [1.165, 1.54) is 13.1 Å². The number of aryl methyl sites for hydroxylation is 1. The molecule has 2 rings (SSSR count). The standard InChI is InChI=1S/C21H22F2N4O2.HI/c1-4-15-6-5-7-17(11-15)27-19(28)13-26-21(24-3)25-12-16-10-14(2)8-9-18(16)29-20(22)23;/h1,5-11,20H,12-13H2,2-3H3,(H,27,28)(H2,24,25,26);1H. The number of amides is 1. The van der Waals surface area contributed by atoms with Crippen molar-refractivity contribution in [2.24, 2.45) is 4.99 Å². The fraction of sp³-hybridized carbons (Fsp3) is 0.238.